The molecule has 1 aliphatic rings. The number of aryl methyl sites for hydroxylation is 1. The van der Waals surface area contributed by atoms with E-state index in [0.717, 1.165) is 30.1 Å². The first-order chi connectivity index (χ1) is 7.33. The average molecular weight is 204 g/mol. The first-order valence-electron chi connectivity index (χ1n) is 5.11. The molecule has 1 atom stereocenters. The second-order valence-corrected chi connectivity index (χ2v) is 3.86. The summed E-state index contributed by atoms with van der Waals surface area (Å²) in [7, 11) is 0. The number of rotatable bonds is 1. The quantitative estimate of drug-likeness (QED) is 0.764. The maximum Gasteiger partial charge on any atom is 0.153 e. The van der Waals surface area contributed by atoms with Gasteiger partial charge in [0.25, 0.3) is 0 Å². The van der Waals surface area contributed by atoms with E-state index in [0.29, 0.717) is 6.54 Å². The molecule has 0 aromatic carbocycles. The van der Waals surface area contributed by atoms with Crippen LogP contribution in [0.25, 0.3) is 11.5 Å². The van der Waals surface area contributed by atoms with E-state index in [4.69, 9.17) is 4.42 Å². The lowest BCUT2D eigenvalue weighted by atomic mass is 10.1. The molecule has 1 unspecified atom stereocenters. The average Bonchev–Trinajstić information content (AvgIpc) is 2.84. The first-order valence-corrected chi connectivity index (χ1v) is 5.11. The van der Waals surface area contributed by atoms with Gasteiger partial charge in [-0.3, -0.25) is 0 Å². The van der Waals surface area contributed by atoms with Crippen LogP contribution in [0.15, 0.2) is 29.0 Å². The molecule has 0 aliphatic carbocycles. The molecule has 0 fully saturated rings. The van der Waals surface area contributed by atoms with Gasteiger partial charge in [-0.05, 0) is 18.6 Å². The van der Waals surface area contributed by atoms with Gasteiger partial charge in [0.05, 0.1) is 12.4 Å². The topological polar surface area (TPSA) is 51.2 Å². The summed E-state index contributed by atoms with van der Waals surface area (Å²) in [5.74, 6) is 1.82. The van der Waals surface area contributed by atoms with Crippen molar-refractivity contribution in [1.82, 2.24) is 9.55 Å². The van der Waals surface area contributed by atoms with Gasteiger partial charge in [0.1, 0.15) is 11.5 Å². The van der Waals surface area contributed by atoms with Crippen molar-refractivity contribution in [2.75, 3.05) is 0 Å². The fourth-order valence-electron chi connectivity index (χ4n) is 1.97. The van der Waals surface area contributed by atoms with E-state index in [2.05, 4.69) is 4.98 Å². The van der Waals surface area contributed by atoms with Gasteiger partial charge in [0.2, 0.25) is 0 Å². The van der Waals surface area contributed by atoms with Crippen LogP contribution in [0, 0.1) is 0 Å². The first kappa shape index (κ1) is 8.73. The fourth-order valence-corrected chi connectivity index (χ4v) is 1.97. The van der Waals surface area contributed by atoms with E-state index in [1.54, 1.807) is 6.26 Å². The lowest BCUT2D eigenvalue weighted by Crippen LogP contribution is -2.23. The van der Waals surface area contributed by atoms with Crippen molar-refractivity contribution in [2.24, 2.45) is 0 Å². The molecule has 0 saturated carbocycles. The number of fused-ring (bicyclic) bond motifs is 1. The van der Waals surface area contributed by atoms with Gasteiger partial charge in [-0.1, -0.05) is 0 Å². The molecule has 0 saturated heterocycles. The summed E-state index contributed by atoms with van der Waals surface area (Å²) in [4.78, 5) is 4.49. The predicted octanol–water partition coefficient (Wildman–Crippen LogP) is 1.45. The summed E-state index contributed by atoms with van der Waals surface area (Å²) in [6.07, 6.45) is 4.98. The molecule has 1 aliphatic heterocycles. The maximum atomic E-state index is 9.52. The van der Waals surface area contributed by atoms with E-state index >= 15 is 0 Å². The largest absolute Gasteiger partial charge is 0.463 e. The van der Waals surface area contributed by atoms with Gasteiger partial charge < -0.3 is 14.1 Å². The Morgan fingerprint density at radius 2 is 2.47 bits per heavy atom. The fraction of sp³-hybridized carbons (Fsp3) is 0.364. The van der Waals surface area contributed by atoms with Crippen LogP contribution in [0.2, 0.25) is 0 Å². The Kier molecular flexibility index (Phi) is 1.89. The molecule has 3 rings (SSSR count). The third kappa shape index (κ3) is 1.47. The number of nitrogens with zero attached hydrogens (tertiary/aromatic N) is 2. The van der Waals surface area contributed by atoms with E-state index in [9.17, 15) is 5.11 Å². The molecule has 1 N–H and O–H groups in total. The van der Waals surface area contributed by atoms with Crippen molar-refractivity contribution in [2.45, 2.75) is 25.5 Å². The number of aliphatic hydroxyl groups is 1. The Labute approximate surface area is 87.2 Å². The number of hydrogen-bond donors (Lipinski definition) is 1. The molecule has 2 aromatic heterocycles. The normalized spacial score (nSPS) is 20.2. The van der Waals surface area contributed by atoms with Crippen LogP contribution in [0.5, 0.6) is 0 Å². The number of aromatic nitrogens is 2. The summed E-state index contributed by atoms with van der Waals surface area (Å²) in [5.41, 5.74) is 0.851. The summed E-state index contributed by atoms with van der Waals surface area (Å²) >= 11 is 0. The third-order valence-electron chi connectivity index (χ3n) is 2.74. The zero-order valence-corrected chi connectivity index (χ0v) is 8.26. The lowest BCUT2D eigenvalue weighted by molar-refractivity contribution is 0.130. The van der Waals surface area contributed by atoms with E-state index in [1.807, 2.05) is 22.9 Å². The van der Waals surface area contributed by atoms with Gasteiger partial charge in [-0.25, -0.2) is 4.98 Å². The Morgan fingerprint density at radius 1 is 1.53 bits per heavy atom. The molecule has 4 nitrogen and oxygen atoms in total. The van der Waals surface area contributed by atoms with Crippen LogP contribution in [0.3, 0.4) is 0 Å². The molecule has 3 heterocycles. The minimum Gasteiger partial charge on any atom is -0.463 e. The monoisotopic (exact) mass is 204 g/mol. The number of hydrogen-bond acceptors (Lipinski definition) is 3. The van der Waals surface area contributed by atoms with Crippen LogP contribution in [0.1, 0.15) is 12.2 Å². The van der Waals surface area contributed by atoms with Crippen molar-refractivity contribution in [1.29, 1.82) is 0 Å². The van der Waals surface area contributed by atoms with Gasteiger partial charge in [0.15, 0.2) is 5.76 Å². The zero-order valence-electron chi connectivity index (χ0n) is 8.26. The molecular formula is C11H12N2O2. The molecule has 0 bridgehead atoms. The predicted molar refractivity (Wildman–Crippen MR) is 54.3 cm³/mol. The molecule has 0 radical (unpaired) electrons. The zero-order chi connectivity index (χ0) is 10.3. The van der Waals surface area contributed by atoms with Crippen LogP contribution in [-0.2, 0) is 13.0 Å². The molecule has 0 spiro atoms. The van der Waals surface area contributed by atoms with Gasteiger partial charge in [-0.2, -0.15) is 0 Å². The Bertz CT molecular complexity index is 459. The highest BCUT2D eigenvalue weighted by Crippen LogP contribution is 2.22. The van der Waals surface area contributed by atoms with Crippen molar-refractivity contribution < 1.29 is 9.52 Å². The van der Waals surface area contributed by atoms with Crippen molar-refractivity contribution in [3.63, 3.8) is 0 Å². The number of imidazole rings is 1. The second-order valence-electron chi connectivity index (χ2n) is 3.86. The third-order valence-corrected chi connectivity index (χ3v) is 2.74. The highest BCUT2D eigenvalue weighted by atomic mass is 16.3. The van der Waals surface area contributed by atoms with Crippen molar-refractivity contribution in [3.8, 4) is 11.5 Å². The summed E-state index contributed by atoms with van der Waals surface area (Å²) in [6.45, 7) is 0.642. The van der Waals surface area contributed by atoms with Gasteiger partial charge in [-0.15, -0.1) is 0 Å². The standard InChI is InChI=1S/C11H12N2O2/c14-8-3-4-11-12-9(7-13(11)6-8)10-2-1-5-15-10/h1-2,5,7-8,14H,3-4,6H2. The minimum atomic E-state index is -0.240. The Hall–Kier alpha value is -1.55. The summed E-state index contributed by atoms with van der Waals surface area (Å²) in [6, 6.07) is 3.74. The highest BCUT2D eigenvalue weighted by molar-refractivity contribution is 5.51. The van der Waals surface area contributed by atoms with Crippen molar-refractivity contribution in [3.05, 3.63) is 30.4 Å². The molecule has 15 heavy (non-hydrogen) atoms. The number of furan rings is 1. The Balaban J connectivity index is 2.00. The minimum absolute atomic E-state index is 0.240. The smallest absolute Gasteiger partial charge is 0.153 e. The second kappa shape index (κ2) is 3.24. The summed E-state index contributed by atoms with van der Waals surface area (Å²) in [5, 5.41) is 9.52. The van der Waals surface area contributed by atoms with E-state index in [1.165, 1.54) is 0 Å². The molecule has 78 valence electrons. The SMILES string of the molecule is OC1CCc2nc(-c3ccco3)cn2C1. The molecular weight excluding hydrogens is 192 g/mol. The number of aliphatic hydroxyl groups excluding tert-OH is 1. The van der Waals surface area contributed by atoms with Gasteiger partial charge >= 0.3 is 0 Å². The Morgan fingerprint density at radius 3 is 3.27 bits per heavy atom. The van der Waals surface area contributed by atoms with Crippen LogP contribution in [-0.4, -0.2) is 20.8 Å². The lowest BCUT2D eigenvalue weighted by Gasteiger charge is -2.18. The maximum absolute atomic E-state index is 9.52. The summed E-state index contributed by atoms with van der Waals surface area (Å²) < 4.78 is 7.29. The van der Waals surface area contributed by atoms with Crippen LogP contribution < -0.4 is 0 Å². The molecule has 0 amide bonds. The van der Waals surface area contributed by atoms with Crippen molar-refractivity contribution >= 4 is 0 Å². The van der Waals surface area contributed by atoms with E-state index < -0.39 is 0 Å². The molecule has 4 heteroatoms. The van der Waals surface area contributed by atoms with E-state index in [-0.39, 0.29) is 6.10 Å². The van der Waals surface area contributed by atoms with Crippen LogP contribution >= 0.6 is 0 Å². The van der Waals surface area contributed by atoms with Gasteiger partial charge in [0, 0.05) is 19.2 Å². The molecule has 2 aromatic rings. The van der Waals surface area contributed by atoms with Crippen LogP contribution in [0.4, 0.5) is 0 Å². The highest BCUT2D eigenvalue weighted by Gasteiger charge is 2.19.